The van der Waals surface area contributed by atoms with Gasteiger partial charge in [-0.15, -0.1) is 11.3 Å². The second-order valence-electron chi connectivity index (χ2n) is 6.77. The third-order valence-electron chi connectivity index (χ3n) is 4.66. The summed E-state index contributed by atoms with van der Waals surface area (Å²) in [6.07, 6.45) is 3.75. The topological polar surface area (TPSA) is 93.7 Å². The van der Waals surface area contributed by atoms with Crippen LogP contribution in [0.1, 0.15) is 46.5 Å². The molecule has 26 heavy (non-hydrogen) atoms. The summed E-state index contributed by atoms with van der Waals surface area (Å²) < 4.78 is 10.6. The maximum atomic E-state index is 12.5. The molecule has 8 heteroatoms. The Labute approximate surface area is 156 Å². The van der Waals surface area contributed by atoms with E-state index in [-0.39, 0.29) is 30.4 Å². The molecule has 0 spiro atoms. The van der Waals surface area contributed by atoms with E-state index in [9.17, 15) is 14.4 Å². The molecule has 0 radical (unpaired) electrons. The molecule has 1 saturated carbocycles. The lowest BCUT2D eigenvalue weighted by atomic mass is 10.1. The third-order valence-corrected chi connectivity index (χ3v) is 5.78. The molecule has 2 fully saturated rings. The molecule has 2 heterocycles. The van der Waals surface area contributed by atoms with Crippen LogP contribution in [0.15, 0.2) is 0 Å². The highest BCUT2D eigenvalue weighted by molar-refractivity contribution is 7.16. The predicted molar refractivity (Wildman–Crippen MR) is 97.4 cm³/mol. The Morgan fingerprint density at radius 2 is 2.00 bits per heavy atom. The molecule has 1 aromatic heterocycles. The van der Waals surface area contributed by atoms with Crippen molar-refractivity contribution in [3.63, 3.8) is 0 Å². The van der Waals surface area contributed by atoms with Gasteiger partial charge in [0.15, 0.2) is 6.61 Å². The fourth-order valence-electron chi connectivity index (χ4n) is 2.81. The third kappa shape index (κ3) is 4.62. The van der Waals surface area contributed by atoms with Gasteiger partial charge in [-0.3, -0.25) is 9.59 Å². The van der Waals surface area contributed by atoms with Gasteiger partial charge in [0.25, 0.3) is 5.91 Å². The maximum absolute atomic E-state index is 12.5. The summed E-state index contributed by atoms with van der Waals surface area (Å²) in [4.78, 5) is 37.3. The van der Waals surface area contributed by atoms with Crippen molar-refractivity contribution in [3.05, 3.63) is 16.0 Å². The van der Waals surface area contributed by atoms with Crippen molar-refractivity contribution in [3.8, 4) is 0 Å². The molecule has 1 aliphatic carbocycles. The van der Waals surface area contributed by atoms with Crippen molar-refractivity contribution >= 4 is 34.1 Å². The molecule has 0 bridgehead atoms. The highest BCUT2D eigenvalue weighted by atomic mass is 32.1. The van der Waals surface area contributed by atoms with E-state index >= 15 is 0 Å². The minimum absolute atomic E-state index is 0.0423. The molecular formula is C18H24N2O5S. The number of rotatable bonds is 7. The standard InChI is InChI=1S/C18H24N2O5S/c1-10-11(2)26-17(20-16(22)12-5-6-12)15(10)18(23)25-9-14(21)19-8-13-4-3-7-24-13/h12-13H,3-9H2,1-2H3,(H,19,21)(H,20,22)/t13-/m1/s1. The SMILES string of the molecule is Cc1sc(NC(=O)C2CC2)c(C(=O)OCC(=O)NC[C@H]2CCCO2)c1C. The lowest BCUT2D eigenvalue weighted by Crippen LogP contribution is -2.34. The van der Waals surface area contributed by atoms with Crippen LogP contribution in [-0.4, -0.2) is 43.6 Å². The van der Waals surface area contributed by atoms with Gasteiger partial charge in [0.1, 0.15) is 5.00 Å². The second-order valence-corrected chi connectivity index (χ2v) is 7.99. The van der Waals surface area contributed by atoms with Crippen molar-refractivity contribution in [2.24, 2.45) is 5.92 Å². The maximum Gasteiger partial charge on any atom is 0.341 e. The van der Waals surface area contributed by atoms with Crippen LogP contribution in [0.2, 0.25) is 0 Å². The summed E-state index contributed by atoms with van der Waals surface area (Å²) >= 11 is 1.35. The number of hydrogen-bond donors (Lipinski definition) is 2. The smallest absolute Gasteiger partial charge is 0.341 e. The predicted octanol–water partition coefficient (Wildman–Crippen LogP) is 2.17. The number of esters is 1. The van der Waals surface area contributed by atoms with Gasteiger partial charge in [0, 0.05) is 23.9 Å². The number of thiophene rings is 1. The Morgan fingerprint density at radius 3 is 2.65 bits per heavy atom. The average molecular weight is 380 g/mol. The minimum Gasteiger partial charge on any atom is -0.452 e. The number of amides is 2. The van der Waals surface area contributed by atoms with Crippen molar-refractivity contribution in [2.45, 2.75) is 45.6 Å². The number of carbonyl (C=O) groups is 3. The molecule has 1 aromatic rings. The van der Waals surface area contributed by atoms with Crippen molar-refractivity contribution in [2.75, 3.05) is 25.1 Å². The Hall–Kier alpha value is -1.93. The van der Waals surface area contributed by atoms with Crippen LogP contribution in [0, 0.1) is 19.8 Å². The normalized spacial score (nSPS) is 19.2. The summed E-state index contributed by atoms with van der Waals surface area (Å²) in [5.74, 6) is -0.966. The monoisotopic (exact) mass is 380 g/mol. The largest absolute Gasteiger partial charge is 0.452 e. The van der Waals surface area contributed by atoms with Gasteiger partial charge in [-0.05, 0) is 45.1 Å². The Morgan fingerprint density at radius 1 is 1.23 bits per heavy atom. The number of nitrogens with one attached hydrogen (secondary N) is 2. The van der Waals surface area contributed by atoms with Crippen LogP contribution in [0.25, 0.3) is 0 Å². The lowest BCUT2D eigenvalue weighted by molar-refractivity contribution is -0.124. The van der Waals surface area contributed by atoms with Gasteiger partial charge in [-0.25, -0.2) is 4.79 Å². The fourth-order valence-corrected chi connectivity index (χ4v) is 3.86. The molecule has 1 atom stereocenters. The van der Waals surface area contributed by atoms with Crippen molar-refractivity contribution in [1.82, 2.24) is 5.32 Å². The summed E-state index contributed by atoms with van der Waals surface area (Å²) in [6, 6.07) is 0. The van der Waals surface area contributed by atoms with Crippen molar-refractivity contribution < 1.29 is 23.9 Å². The van der Waals surface area contributed by atoms with E-state index in [1.807, 2.05) is 13.8 Å². The number of aryl methyl sites for hydroxylation is 1. The van der Waals surface area contributed by atoms with Crippen LogP contribution in [0.4, 0.5) is 5.00 Å². The fraction of sp³-hybridized carbons (Fsp3) is 0.611. The molecule has 3 rings (SSSR count). The first-order valence-electron chi connectivity index (χ1n) is 8.92. The van der Waals surface area contributed by atoms with Crippen LogP contribution in [0.3, 0.4) is 0 Å². The van der Waals surface area contributed by atoms with Gasteiger partial charge >= 0.3 is 5.97 Å². The van der Waals surface area contributed by atoms with Gasteiger partial charge in [0.2, 0.25) is 5.91 Å². The number of hydrogen-bond acceptors (Lipinski definition) is 6. The van der Waals surface area contributed by atoms with E-state index in [1.54, 1.807) is 0 Å². The average Bonchev–Trinajstić information content (AvgIpc) is 3.27. The molecule has 1 aliphatic heterocycles. The van der Waals surface area contributed by atoms with Gasteiger partial charge in [-0.2, -0.15) is 0 Å². The number of carbonyl (C=O) groups excluding carboxylic acids is 3. The Bertz CT molecular complexity index is 705. The molecule has 2 N–H and O–H groups in total. The molecule has 1 saturated heterocycles. The zero-order valence-corrected chi connectivity index (χ0v) is 15.9. The van der Waals surface area contributed by atoms with E-state index in [2.05, 4.69) is 10.6 Å². The first-order chi connectivity index (χ1) is 12.5. The molecule has 0 unspecified atom stereocenters. The van der Waals surface area contributed by atoms with E-state index in [0.717, 1.165) is 42.7 Å². The quantitative estimate of drug-likeness (QED) is 0.707. The Kier molecular flexibility index (Phi) is 5.93. The Balaban J connectivity index is 1.54. The molecular weight excluding hydrogens is 356 g/mol. The summed E-state index contributed by atoms with van der Waals surface area (Å²) in [6.45, 7) is 4.50. The molecule has 7 nitrogen and oxygen atoms in total. The summed E-state index contributed by atoms with van der Waals surface area (Å²) in [5, 5.41) is 6.04. The molecule has 2 aliphatic rings. The number of anilines is 1. The van der Waals surface area contributed by atoms with Gasteiger partial charge < -0.3 is 20.1 Å². The van der Waals surface area contributed by atoms with E-state index in [1.165, 1.54) is 11.3 Å². The first kappa shape index (κ1) is 18.8. The van der Waals surface area contributed by atoms with Crippen LogP contribution in [0.5, 0.6) is 0 Å². The second kappa shape index (κ2) is 8.18. The van der Waals surface area contributed by atoms with Crippen molar-refractivity contribution in [1.29, 1.82) is 0 Å². The molecule has 2 amide bonds. The minimum atomic E-state index is -0.592. The van der Waals surface area contributed by atoms with Crippen LogP contribution < -0.4 is 10.6 Å². The van der Waals surface area contributed by atoms with Crippen LogP contribution in [-0.2, 0) is 19.1 Å². The summed E-state index contributed by atoms with van der Waals surface area (Å²) in [7, 11) is 0. The zero-order chi connectivity index (χ0) is 18.7. The van der Waals surface area contributed by atoms with Gasteiger partial charge in [0.05, 0.1) is 11.7 Å². The van der Waals surface area contributed by atoms with E-state index in [4.69, 9.17) is 9.47 Å². The number of ether oxygens (including phenoxy) is 2. The van der Waals surface area contributed by atoms with E-state index < -0.39 is 5.97 Å². The zero-order valence-electron chi connectivity index (χ0n) is 15.1. The highest BCUT2D eigenvalue weighted by Gasteiger charge is 2.31. The van der Waals surface area contributed by atoms with Gasteiger partial charge in [-0.1, -0.05) is 0 Å². The first-order valence-corrected chi connectivity index (χ1v) is 9.73. The summed E-state index contributed by atoms with van der Waals surface area (Å²) in [5.41, 5.74) is 1.11. The molecule has 0 aromatic carbocycles. The van der Waals surface area contributed by atoms with Crippen LogP contribution >= 0.6 is 11.3 Å². The highest BCUT2D eigenvalue weighted by Crippen LogP contribution is 2.36. The van der Waals surface area contributed by atoms with E-state index in [0.29, 0.717) is 17.1 Å². The lowest BCUT2D eigenvalue weighted by Gasteiger charge is -2.11. The molecule has 142 valence electrons.